The Balaban J connectivity index is 1.33. The van der Waals surface area contributed by atoms with Gasteiger partial charge in [0.05, 0.1) is 24.3 Å². The SMILES string of the molecule is Cc1cc([C@H](C)NC(=O)c2nc(C#N)cnc2NCc2ccc(-c3ccc4ncnc(N)c4c3)s2)ccc1F. The number of hydrogen-bond donors (Lipinski definition) is 3. The molecule has 4 N–H and O–H groups in total. The highest BCUT2D eigenvalue weighted by molar-refractivity contribution is 7.15. The van der Waals surface area contributed by atoms with Gasteiger partial charge in [-0.05, 0) is 60.9 Å². The van der Waals surface area contributed by atoms with Crippen molar-refractivity contribution in [3.05, 3.63) is 94.3 Å². The van der Waals surface area contributed by atoms with Gasteiger partial charge in [-0.3, -0.25) is 4.79 Å². The summed E-state index contributed by atoms with van der Waals surface area (Å²) in [6.45, 7) is 3.84. The molecular formula is C28H23FN8OS. The molecule has 0 saturated carbocycles. The van der Waals surface area contributed by atoms with E-state index in [-0.39, 0.29) is 23.0 Å². The maximum absolute atomic E-state index is 13.7. The van der Waals surface area contributed by atoms with Gasteiger partial charge >= 0.3 is 0 Å². The number of nitrogen functional groups attached to an aromatic ring is 1. The van der Waals surface area contributed by atoms with Crippen LogP contribution < -0.4 is 16.4 Å². The number of anilines is 2. The van der Waals surface area contributed by atoms with E-state index in [1.165, 1.54) is 18.6 Å². The number of hydrogen-bond acceptors (Lipinski definition) is 9. The average molecular weight is 539 g/mol. The van der Waals surface area contributed by atoms with E-state index in [4.69, 9.17) is 5.73 Å². The van der Waals surface area contributed by atoms with Crippen LogP contribution in [0.4, 0.5) is 16.0 Å². The molecule has 39 heavy (non-hydrogen) atoms. The van der Waals surface area contributed by atoms with Crippen molar-refractivity contribution in [2.24, 2.45) is 0 Å². The lowest BCUT2D eigenvalue weighted by Gasteiger charge is -2.16. The molecule has 5 aromatic rings. The molecule has 1 amide bonds. The maximum Gasteiger partial charge on any atom is 0.274 e. The number of nitrogens with one attached hydrogen (secondary N) is 2. The molecule has 2 aromatic carbocycles. The first-order chi connectivity index (χ1) is 18.8. The number of carbonyl (C=O) groups is 1. The lowest BCUT2D eigenvalue weighted by atomic mass is 10.1. The smallest absolute Gasteiger partial charge is 0.274 e. The van der Waals surface area contributed by atoms with Crippen molar-refractivity contribution in [2.45, 2.75) is 26.4 Å². The number of halogens is 1. The first kappa shape index (κ1) is 25.7. The van der Waals surface area contributed by atoms with Gasteiger partial charge in [0.2, 0.25) is 0 Å². The van der Waals surface area contributed by atoms with E-state index in [9.17, 15) is 14.4 Å². The number of benzene rings is 2. The van der Waals surface area contributed by atoms with E-state index in [0.29, 0.717) is 17.9 Å². The van der Waals surface area contributed by atoms with E-state index < -0.39 is 11.9 Å². The van der Waals surface area contributed by atoms with Crippen molar-refractivity contribution >= 4 is 39.8 Å². The van der Waals surface area contributed by atoms with Crippen LogP contribution in [0.2, 0.25) is 0 Å². The van der Waals surface area contributed by atoms with Gasteiger partial charge < -0.3 is 16.4 Å². The summed E-state index contributed by atoms with van der Waals surface area (Å²) in [4.78, 5) is 32.0. The Morgan fingerprint density at radius 1 is 1.15 bits per heavy atom. The molecule has 0 aliphatic heterocycles. The zero-order valence-corrected chi connectivity index (χ0v) is 21.9. The van der Waals surface area contributed by atoms with Crippen LogP contribution in [0.1, 0.15) is 45.2 Å². The fourth-order valence-corrected chi connectivity index (χ4v) is 4.99. The van der Waals surface area contributed by atoms with Gasteiger partial charge in [0.1, 0.15) is 24.0 Å². The highest BCUT2D eigenvalue weighted by atomic mass is 32.1. The third-order valence-corrected chi connectivity index (χ3v) is 7.31. The highest BCUT2D eigenvalue weighted by Crippen LogP contribution is 2.31. The number of aromatic nitrogens is 4. The zero-order valence-electron chi connectivity index (χ0n) is 21.1. The predicted molar refractivity (Wildman–Crippen MR) is 148 cm³/mol. The molecule has 194 valence electrons. The van der Waals surface area contributed by atoms with Crippen LogP contribution in [-0.2, 0) is 6.54 Å². The molecular weight excluding hydrogens is 515 g/mol. The van der Waals surface area contributed by atoms with E-state index in [0.717, 1.165) is 31.8 Å². The predicted octanol–water partition coefficient (Wildman–Crippen LogP) is 5.15. The Labute approximate surface area is 227 Å². The van der Waals surface area contributed by atoms with Crippen LogP contribution in [0.25, 0.3) is 21.3 Å². The minimum absolute atomic E-state index is 0.00141. The fourth-order valence-electron chi connectivity index (χ4n) is 4.04. The highest BCUT2D eigenvalue weighted by Gasteiger charge is 2.19. The van der Waals surface area contributed by atoms with Crippen LogP contribution >= 0.6 is 11.3 Å². The standard InChI is InChI=1S/C28H23FN8OS/c1-15-9-17(3-6-22(15)29)16(2)36-28(38)25-27(32-12-19(11-30)37-25)33-13-20-5-8-24(39-20)18-4-7-23-21(10-18)26(31)35-14-34-23/h3-10,12,14,16H,13H2,1-2H3,(H,32,33)(H,36,38)(H2,31,34,35)/t16-/m0/s1. The summed E-state index contributed by atoms with van der Waals surface area (Å²) in [5, 5.41) is 16.1. The summed E-state index contributed by atoms with van der Waals surface area (Å²) >= 11 is 1.58. The van der Waals surface area contributed by atoms with Crippen molar-refractivity contribution < 1.29 is 9.18 Å². The van der Waals surface area contributed by atoms with Crippen molar-refractivity contribution in [1.29, 1.82) is 5.26 Å². The summed E-state index contributed by atoms with van der Waals surface area (Å²) < 4.78 is 13.7. The minimum Gasteiger partial charge on any atom is -0.383 e. The third-order valence-electron chi connectivity index (χ3n) is 6.17. The van der Waals surface area contributed by atoms with Crippen LogP contribution in [0.5, 0.6) is 0 Å². The first-order valence-corrected chi connectivity index (χ1v) is 12.8. The van der Waals surface area contributed by atoms with Gasteiger partial charge in [-0.25, -0.2) is 24.3 Å². The van der Waals surface area contributed by atoms with E-state index in [1.807, 2.05) is 36.4 Å². The Kier molecular flexibility index (Phi) is 7.12. The molecule has 1 atom stereocenters. The number of nitriles is 1. The van der Waals surface area contributed by atoms with Crippen LogP contribution in [-0.4, -0.2) is 25.8 Å². The van der Waals surface area contributed by atoms with Crippen LogP contribution in [0.3, 0.4) is 0 Å². The lowest BCUT2D eigenvalue weighted by Crippen LogP contribution is -2.29. The Bertz CT molecular complexity index is 1750. The van der Waals surface area contributed by atoms with E-state index >= 15 is 0 Å². The van der Waals surface area contributed by atoms with Crippen LogP contribution in [0, 0.1) is 24.1 Å². The molecule has 9 nitrogen and oxygen atoms in total. The number of fused-ring (bicyclic) bond motifs is 1. The second kappa shape index (κ2) is 10.8. The molecule has 5 rings (SSSR count). The molecule has 0 bridgehead atoms. The Hall–Kier alpha value is -4.95. The summed E-state index contributed by atoms with van der Waals surface area (Å²) in [7, 11) is 0. The summed E-state index contributed by atoms with van der Waals surface area (Å²) in [5.41, 5.74) is 9.04. The van der Waals surface area contributed by atoms with Crippen molar-refractivity contribution in [2.75, 3.05) is 11.1 Å². The molecule has 0 aliphatic carbocycles. The number of nitrogens with zero attached hydrogens (tertiary/aromatic N) is 5. The maximum atomic E-state index is 13.7. The normalized spacial score (nSPS) is 11.6. The largest absolute Gasteiger partial charge is 0.383 e. The molecule has 0 radical (unpaired) electrons. The van der Waals surface area contributed by atoms with Gasteiger partial charge in [-0.2, -0.15) is 5.26 Å². The average Bonchev–Trinajstić information content (AvgIpc) is 3.42. The monoisotopic (exact) mass is 538 g/mol. The van der Waals surface area contributed by atoms with Crippen molar-refractivity contribution in [1.82, 2.24) is 25.3 Å². The molecule has 3 heterocycles. The van der Waals surface area contributed by atoms with Crippen molar-refractivity contribution in [3.63, 3.8) is 0 Å². The summed E-state index contributed by atoms with van der Waals surface area (Å²) in [6, 6.07) is 16.0. The van der Waals surface area contributed by atoms with Crippen LogP contribution in [0.15, 0.2) is 61.1 Å². The molecule has 0 spiro atoms. The number of nitrogens with two attached hydrogens (primary N) is 1. The lowest BCUT2D eigenvalue weighted by molar-refractivity contribution is 0.0935. The second-order valence-electron chi connectivity index (χ2n) is 8.88. The van der Waals surface area contributed by atoms with Crippen molar-refractivity contribution in [3.8, 4) is 16.5 Å². The van der Waals surface area contributed by atoms with Gasteiger partial charge in [-0.15, -0.1) is 11.3 Å². The number of thiophene rings is 1. The van der Waals surface area contributed by atoms with Gasteiger partial charge in [0.15, 0.2) is 17.2 Å². The Morgan fingerprint density at radius 2 is 2.00 bits per heavy atom. The number of aryl methyl sites for hydroxylation is 1. The third kappa shape index (κ3) is 5.51. The fraction of sp³-hybridized carbons (Fsp3) is 0.143. The quantitative estimate of drug-likeness (QED) is 0.258. The van der Waals surface area contributed by atoms with E-state index in [2.05, 4.69) is 30.6 Å². The molecule has 0 unspecified atom stereocenters. The summed E-state index contributed by atoms with van der Waals surface area (Å²) in [6.07, 6.45) is 2.75. The number of amides is 1. The molecule has 0 fully saturated rings. The van der Waals surface area contributed by atoms with Gasteiger partial charge in [0.25, 0.3) is 5.91 Å². The second-order valence-corrected chi connectivity index (χ2v) is 10.0. The topological polar surface area (TPSA) is 142 Å². The molecule has 0 saturated heterocycles. The van der Waals surface area contributed by atoms with E-state index in [1.54, 1.807) is 37.3 Å². The number of carbonyl (C=O) groups excluding carboxylic acids is 1. The van der Waals surface area contributed by atoms with Gasteiger partial charge in [0, 0.05) is 15.1 Å². The summed E-state index contributed by atoms with van der Waals surface area (Å²) in [5.74, 6) is -0.139. The minimum atomic E-state index is -0.501. The molecule has 11 heteroatoms. The molecule has 0 aliphatic rings. The van der Waals surface area contributed by atoms with Gasteiger partial charge in [-0.1, -0.05) is 18.2 Å². The first-order valence-electron chi connectivity index (χ1n) is 12.0. The Morgan fingerprint density at radius 3 is 2.79 bits per heavy atom. The molecule has 3 aromatic heterocycles. The zero-order chi connectivity index (χ0) is 27.5. The number of rotatable bonds is 7.